The van der Waals surface area contributed by atoms with Gasteiger partial charge in [0.05, 0.1) is 0 Å². The van der Waals surface area contributed by atoms with Crippen molar-refractivity contribution in [1.82, 2.24) is 5.32 Å². The summed E-state index contributed by atoms with van der Waals surface area (Å²) in [5.41, 5.74) is -0.425. The highest BCUT2D eigenvalue weighted by Crippen LogP contribution is 2.17. The van der Waals surface area contributed by atoms with E-state index in [1.807, 2.05) is 6.92 Å². The normalized spacial score (nSPS) is 9.80. The van der Waals surface area contributed by atoms with E-state index in [0.29, 0.717) is 6.54 Å². The van der Waals surface area contributed by atoms with Gasteiger partial charge in [0.1, 0.15) is 17.3 Å². The zero-order valence-corrected chi connectivity index (χ0v) is 8.31. The minimum absolute atomic E-state index is 0.425. The standard InChI is InChI=1S/C10H12F2N2O/c1-2-6-13-10(15)14-9-7(11)4-3-5-8(9)12/h3-5H,2,6H2,1H3,(H2,13,14,15). The Hall–Kier alpha value is -1.65. The second-order valence-corrected chi connectivity index (χ2v) is 2.98. The summed E-state index contributed by atoms with van der Waals surface area (Å²) >= 11 is 0. The number of urea groups is 1. The van der Waals surface area contributed by atoms with Crippen LogP contribution in [0.3, 0.4) is 0 Å². The van der Waals surface area contributed by atoms with Crippen LogP contribution in [-0.4, -0.2) is 12.6 Å². The van der Waals surface area contributed by atoms with Crippen molar-refractivity contribution < 1.29 is 13.6 Å². The van der Waals surface area contributed by atoms with Gasteiger partial charge in [0.2, 0.25) is 0 Å². The van der Waals surface area contributed by atoms with Crippen LogP contribution >= 0.6 is 0 Å². The largest absolute Gasteiger partial charge is 0.338 e. The molecular weight excluding hydrogens is 202 g/mol. The van der Waals surface area contributed by atoms with Crippen LogP contribution < -0.4 is 10.6 Å². The molecule has 0 atom stereocenters. The Bertz CT molecular complexity index is 335. The van der Waals surface area contributed by atoms with Gasteiger partial charge in [-0.25, -0.2) is 13.6 Å². The summed E-state index contributed by atoms with van der Waals surface area (Å²) in [6.45, 7) is 2.34. The number of nitrogens with one attached hydrogen (secondary N) is 2. The van der Waals surface area contributed by atoms with Crippen LogP contribution in [0, 0.1) is 11.6 Å². The van der Waals surface area contributed by atoms with Crippen LogP contribution in [0.2, 0.25) is 0 Å². The van der Waals surface area contributed by atoms with E-state index in [1.54, 1.807) is 0 Å². The Balaban J connectivity index is 2.68. The zero-order valence-electron chi connectivity index (χ0n) is 8.31. The first-order chi connectivity index (χ1) is 7.15. The average molecular weight is 214 g/mol. The molecule has 0 aliphatic rings. The number of benzene rings is 1. The molecule has 0 saturated heterocycles. The Morgan fingerprint density at radius 3 is 2.47 bits per heavy atom. The van der Waals surface area contributed by atoms with Crippen LogP contribution in [0.5, 0.6) is 0 Å². The molecule has 1 aromatic carbocycles. The third kappa shape index (κ3) is 3.19. The van der Waals surface area contributed by atoms with Crippen molar-refractivity contribution in [3.05, 3.63) is 29.8 Å². The topological polar surface area (TPSA) is 41.1 Å². The second-order valence-electron chi connectivity index (χ2n) is 2.98. The van der Waals surface area contributed by atoms with Gasteiger partial charge in [-0.3, -0.25) is 0 Å². The van der Waals surface area contributed by atoms with Gasteiger partial charge in [0.25, 0.3) is 0 Å². The summed E-state index contributed by atoms with van der Waals surface area (Å²) in [5, 5.41) is 4.57. The van der Waals surface area contributed by atoms with Crippen LogP contribution in [0.4, 0.5) is 19.3 Å². The number of amides is 2. The van der Waals surface area contributed by atoms with Crippen molar-refractivity contribution in [1.29, 1.82) is 0 Å². The Morgan fingerprint density at radius 1 is 1.33 bits per heavy atom. The Labute approximate surface area is 86.5 Å². The van der Waals surface area contributed by atoms with E-state index >= 15 is 0 Å². The summed E-state index contributed by atoms with van der Waals surface area (Å²) in [7, 11) is 0. The second kappa shape index (κ2) is 5.29. The van der Waals surface area contributed by atoms with Crippen molar-refractivity contribution in [2.45, 2.75) is 13.3 Å². The number of para-hydroxylation sites is 1. The smallest absolute Gasteiger partial charge is 0.319 e. The molecule has 0 aromatic heterocycles. The molecule has 3 nitrogen and oxygen atoms in total. The van der Waals surface area contributed by atoms with Crippen molar-refractivity contribution in [2.75, 3.05) is 11.9 Å². The summed E-state index contributed by atoms with van der Waals surface area (Å²) in [6, 6.07) is 2.79. The molecule has 82 valence electrons. The Kier molecular flexibility index (Phi) is 4.03. The zero-order chi connectivity index (χ0) is 11.3. The van der Waals surface area contributed by atoms with Gasteiger partial charge in [-0.1, -0.05) is 13.0 Å². The number of anilines is 1. The molecule has 5 heteroatoms. The van der Waals surface area contributed by atoms with Crippen molar-refractivity contribution in [3.63, 3.8) is 0 Å². The predicted octanol–water partition coefficient (Wildman–Crippen LogP) is 2.50. The fourth-order valence-electron chi connectivity index (χ4n) is 1.01. The van der Waals surface area contributed by atoms with E-state index in [1.165, 1.54) is 6.07 Å². The number of hydrogen-bond acceptors (Lipinski definition) is 1. The molecule has 0 heterocycles. The van der Waals surface area contributed by atoms with E-state index in [2.05, 4.69) is 10.6 Å². The molecule has 0 aliphatic heterocycles. The predicted molar refractivity (Wildman–Crippen MR) is 53.7 cm³/mol. The Morgan fingerprint density at radius 2 is 1.93 bits per heavy atom. The molecule has 1 aromatic rings. The van der Waals surface area contributed by atoms with E-state index in [-0.39, 0.29) is 0 Å². The highest BCUT2D eigenvalue weighted by molar-refractivity contribution is 5.89. The fourth-order valence-corrected chi connectivity index (χ4v) is 1.01. The number of carbonyl (C=O) groups excluding carboxylic acids is 1. The maximum atomic E-state index is 13.1. The van der Waals surface area contributed by atoms with Crippen LogP contribution in [-0.2, 0) is 0 Å². The van der Waals surface area contributed by atoms with Crippen LogP contribution in [0.15, 0.2) is 18.2 Å². The van der Waals surface area contributed by atoms with Gasteiger partial charge in [-0.05, 0) is 18.6 Å². The first kappa shape index (κ1) is 11.4. The minimum atomic E-state index is -0.790. The molecule has 0 fully saturated rings. The molecular formula is C10H12F2N2O. The minimum Gasteiger partial charge on any atom is -0.338 e. The van der Waals surface area contributed by atoms with E-state index in [0.717, 1.165) is 18.6 Å². The lowest BCUT2D eigenvalue weighted by Crippen LogP contribution is -2.29. The van der Waals surface area contributed by atoms with Crippen LogP contribution in [0.25, 0.3) is 0 Å². The molecule has 0 saturated carbocycles. The van der Waals surface area contributed by atoms with E-state index in [4.69, 9.17) is 0 Å². The number of carbonyl (C=O) groups is 1. The summed E-state index contributed by atoms with van der Waals surface area (Å²) < 4.78 is 26.1. The van der Waals surface area contributed by atoms with E-state index < -0.39 is 23.4 Å². The fraction of sp³-hybridized carbons (Fsp3) is 0.300. The first-order valence-corrected chi connectivity index (χ1v) is 4.64. The van der Waals surface area contributed by atoms with Gasteiger partial charge in [-0.15, -0.1) is 0 Å². The van der Waals surface area contributed by atoms with Gasteiger partial charge in [-0.2, -0.15) is 0 Å². The lowest BCUT2D eigenvalue weighted by molar-refractivity contribution is 0.252. The molecule has 0 aliphatic carbocycles. The SMILES string of the molecule is CCCNC(=O)Nc1c(F)cccc1F. The van der Waals surface area contributed by atoms with Crippen LogP contribution in [0.1, 0.15) is 13.3 Å². The molecule has 1 rings (SSSR count). The van der Waals surface area contributed by atoms with Gasteiger partial charge in [0.15, 0.2) is 0 Å². The van der Waals surface area contributed by atoms with E-state index in [9.17, 15) is 13.6 Å². The quantitative estimate of drug-likeness (QED) is 0.797. The average Bonchev–Trinajstić information content (AvgIpc) is 2.21. The maximum Gasteiger partial charge on any atom is 0.319 e. The molecule has 0 unspecified atom stereocenters. The lowest BCUT2D eigenvalue weighted by atomic mass is 10.3. The third-order valence-electron chi connectivity index (χ3n) is 1.74. The lowest BCUT2D eigenvalue weighted by Gasteiger charge is -2.08. The molecule has 0 spiro atoms. The molecule has 2 N–H and O–H groups in total. The highest BCUT2D eigenvalue weighted by atomic mass is 19.1. The first-order valence-electron chi connectivity index (χ1n) is 4.64. The monoisotopic (exact) mass is 214 g/mol. The van der Waals surface area contributed by atoms with Crippen molar-refractivity contribution in [2.24, 2.45) is 0 Å². The summed E-state index contributed by atoms with van der Waals surface area (Å²) in [5.74, 6) is -1.58. The molecule has 0 bridgehead atoms. The number of hydrogen-bond donors (Lipinski definition) is 2. The summed E-state index contributed by atoms with van der Waals surface area (Å²) in [6.07, 6.45) is 0.757. The summed E-state index contributed by atoms with van der Waals surface area (Å²) in [4.78, 5) is 11.1. The van der Waals surface area contributed by atoms with Crippen molar-refractivity contribution >= 4 is 11.7 Å². The van der Waals surface area contributed by atoms with Crippen molar-refractivity contribution in [3.8, 4) is 0 Å². The third-order valence-corrected chi connectivity index (χ3v) is 1.74. The number of halogens is 2. The molecule has 2 amide bonds. The maximum absolute atomic E-state index is 13.1. The van der Waals surface area contributed by atoms with Gasteiger partial charge < -0.3 is 10.6 Å². The van der Waals surface area contributed by atoms with Gasteiger partial charge >= 0.3 is 6.03 Å². The molecule has 15 heavy (non-hydrogen) atoms. The number of rotatable bonds is 3. The highest BCUT2D eigenvalue weighted by Gasteiger charge is 2.10. The van der Waals surface area contributed by atoms with Gasteiger partial charge in [0, 0.05) is 6.54 Å². The molecule has 0 radical (unpaired) electrons.